The molecule has 4 heteroatoms. The van der Waals surface area contributed by atoms with Gasteiger partial charge in [-0.25, -0.2) is 0 Å². The van der Waals surface area contributed by atoms with Gasteiger partial charge in [0.25, 0.3) is 5.91 Å². The first kappa shape index (κ1) is 16.6. The summed E-state index contributed by atoms with van der Waals surface area (Å²) in [5.74, 6) is 0.611. The summed E-state index contributed by atoms with van der Waals surface area (Å²) in [5, 5.41) is 4.89. The molecule has 0 bridgehead atoms. The van der Waals surface area contributed by atoms with Crippen LogP contribution in [0.1, 0.15) is 38.1 Å². The Hall–Kier alpha value is -1.81. The van der Waals surface area contributed by atoms with E-state index in [0.717, 1.165) is 4.88 Å². The van der Waals surface area contributed by atoms with E-state index in [1.54, 1.807) is 18.3 Å². The van der Waals surface area contributed by atoms with Crippen LogP contribution >= 0.6 is 11.3 Å². The molecule has 0 saturated carbocycles. The molecule has 0 saturated heterocycles. The van der Waals surface area contributed by atoms with E-state index in [1.807, 2.05) is 41.8 Å². The van der Waals surface area contributed by atoms with E-state index in [0.29, 0.717) is 12.3 Å². The zero-order chi connectivity index (χ0) is 16.2. The fourth-order valence-electron chi connectivity index (χ4n) is 2.02. The van der Waals surface area contributed by atoms with E-state index in [1.165, 1.54) is 5.56 Å². The number of carbonyl (C=O) groups is 1. The average Bonchev–Trinajstić information content (AvgIpc) is 2.97. The lowest BCUT2D eigenvalue weighted by Gasteiger charge is -2.20. The minimum Gasteiger partial charge on any atom is -0.481 e. The molecule has 1 heterocycles. The van der Waals surface area contributed by atoms with Crippen molar-refractivity contribution in [1.82, 2.24) is 5.32 Å². The summed E-state index contributed by atoms with van der Waals surface area (Å²) in [5.41, 5.74) is 1.36. The van der Waals surface area contributed by atoms with Crippen LogP contribution in [0.3, 0.4) is 0 Å². The van der Waals surface area contributed by atoms with E-state index in [4.69, 9.17) is 4.74 Å². The molecule has 0 aliphatic carbocycles. The van der Waals surface area contributed by atoms with Gasteiger partial charge in [0.05, 0.1) is 6.54 Å². The largest absolute Gasteiger partial charge is 0.481 e. The molecular weight excluding hydrogens is 294 g/mol. The number of carbonyl (C=O) groups excluding carboxylic acids is 1. The molecule has 118 valence electrons. The van der Waals surface area contributed by atoms with Gasteiger partial charge in [-0.2, -0.15) is 0 Å². The second-order valence-corrected chi connectivity index (χ2v) is 7.36. The molecular formula is C18H23NO2S. The lowest BCUT2D eigenvalue weighted by atomic mass is 9.87. The average molecular weight is 317 g/mol. The molecule has 0 aliphatic heterocycles. The Labute approximate surface area is 136 Å². The predicted octanol–water partition coefficient (Wildman–Crippen LogP) is 4.13. The van der Waals surface area contributed by atoms with Gasteiger partial charge in [-0.05, 0) is 41.5 Å². The van der Waals surface area contributed by atoms with E-state index >= 15 is 0 Å². The van der Waals surface area contributed by atoms with Crippen molar-refractivity contribution in [3.63, 3.8) is 0 Å². The highest BCUT2D eigenvalue weighted by Crippen LogP contribution is 2.24. The maximum atomic E-state index is 12.0. The summed E-state index contributed by atoms with van der Waals surface area (Å²) in [6.45, 7) is 8.82. The Morgan fingerprint density at radius 3 is 2.45 bits per heavy atom. The lowest BCUT2D eigenvalue weighted by molar-refractivity contribution is -0.127. The molecule has 3 nitrogen and oxygen atoms in total. The van der Waals surface area contributed by atoms with E-state index in [9.17, 15) is 4.79 Å². The molecule has 0 fully saturated rings. The van der Waals surface area contributed by atoms with Crippen LogP contribution in [0, 0.1) is 0 Å². The van der Waals surface area contributed by atoms with Crippen LogP contribution in [0.15, 0.2) is 41.8 Å². The van der Waals surface area contributed by atoms with Gasteiger partial charge in [0.2, 0.25) is 0 Å². The fourth-order valence-corrected chi connectivity index (χ4v) is 2.67. The van der Waals surface area contributed by atoms with Crippen LogP contribution in [-0.4, -0.2) is 12.0 Å². The van der Waals surface area contributed by atoms with Gasteiger partial charge in [0.1, 0.15) is 5.75 Å². The summed E-state index contributed by atoms with van der Waals surface area (Å²) in [4.78, 5) is 13.2. The van der Waals surface area contributed by atoms with Gasteiger partial charge in [-0.1, -0.05) is 39.0 Å². The Balaban J connectivity index is 1.88. The Morgan fingerprint density at radius 2 is 1.91 bits per heavy atom. The lowest BCUT2D eigenvalue weighted by Crippen LogP contribution is -2.35. The first-order valence-electron chi connectivity index (χ1n) is 7.43. The number of hydrogen-bond acceptors (Lipinski definition) is 3. The molecule has 1 unspecified atom stereocenters. The van der Waals surface area contributed by atoms with Crippen LogP contribution in [-0.2, 0) is 16.8 Å². The predicted molar refractivity (Wildman–Crippen MR) is 91.4 cm³/mol. The molecule has 1 amide bonds. The standard InChI is InChI=1S/C18H23NO2S/c1-13(17(20)19-12-16-6-5-11-22-16)21-15-9-7-14(8-10-15)18(2,3)4/h5-11,13H,12H2,1-4H3,(H,19,20). The molecule has 2 rings (SSSR count). The molecule has 1 atom stereocenters. The normalized spacial score (nSPS) is 12.7. The molecule has 0 spiro atoms. The molecule has 0 aliphatic rings. The highest BCUT2D eigenvalue weighted by molar-refractivity contribution is 7.09. The van der Waals surface area contributed by atoms with Gasteiger partial charge >= 0.3 is 0 Å². The van der Waals surface area contributed by atoms with Crippen molar-refractivity contribution in [2.45, 2.75) is 45.8 Å². The molecule has 2 aromatic rings. The van der Waals surface area contributed by atoms with Crippen molar-refractivity contribution in [2.24, 2.45) is 0 Å². The zero-order valence-corrected chi connectivity index (χ0v) is 14.4. The molecule has 22 heavy (non-hydrogen) atoms. The van der Waals surface area contributed by atoms with Crippen LogP contribution < -0.4 is 10.1 Å². The van der Waals surface area contributed by atoms with Gasteiger partial charge in [-0.15, -0.1) is 11.3 Å². The number of hydrogen-bond donors (Lipinski definition) is 1. The van der Waals surface area contributed by atoms with Gasteiger partial charge in [0.15, 0.2) is 6.10 Å². The topological polar surface area (TPSA) is 38.3 Å². The van der Waals surface area contributed by atoms with Crippen molar-refractivity contribution < 1.29 is 9.53 Å². The fraction of sp³-hybridized carbons (Fsp3) is 0.389. The minimum atomic E-state index is -0.513. The van der Waals surface area contributed by atoms with Crippen molar-refractivity contribution >= 4 is 17.2 Å². The maximum absolute atomic E-state index is 12.0. The summed E-state index contributed by atoms with van der Waals surface area (Å²) >= 11 is 1.63. The highest BCUT2D eigenvalue weighted by atomic mass is 32.1. The Kier molecular flexibility index (Phi) is 5.24. The second-order valence-electron chi connectivity index (χ2n) is 6.33. The number of amides is 1. The Bertz CT molecular complexity index is 597. The quantitative estimate of drug-likeness (QED) is 0.900. The SMILES string of the molecule is CC(Oc1ccc(C(C)(C)C)cc1)C(=O)NCc1cccs1. The minimum absolute atomic E-state index is 0.103. The number of benzene rings is 1. The van der Waals surface area contributed by atoms with Crippen molar-refractivity contribution in [3.05, 3.63) is 52.2 Å². The number of nitrogens with one attached hydrogen (secondary N) is 1. The van der Waals surface area contributed by atoms with E-state index in [-0.39, 0.29) is 11.3 Å². The summed E-state index contributed by atoms with van der Waals surface area (Å²) < 4.78 is 5.71. The first-order valence-corrected chi connectivity index (χ1v) is 8.31. The zero-order valence-electron chi connectivity index (χ0n) is 13.6. The number of ether oxygens (including phenoxy) is 1. The number of rotatable bonds is 5. The summed E-state index contributed by atoms with van der Waals surface area (Å²) in [6, 6.07) is 11.9. The van der Waals surface area contributed by atoms with Crippen molar-refractivity contribution in [2.75, 3.05) is 0 Å². The third-order valence-corrected chi connectivity index (χ3v) is 4.30. The van der Waals surface area contributed by atoms with E-state index < -0.39 is 6.10 Å². The van der Waals surface area contributed by atoms with Crippen LogP contribution in [0.4, 0.5) is 0 Å². The highest BCUT2D eigenvalue weighted by Gasteiger charge is 2.16. The first-order chi connectivity index (χ1) is 10.4. The van der Waals surface area contributed by atoms with E-state index in [2.05, 4.69) is 26.1 Å². The number of thiophene rings is 1. The molecule has 0 radical (unpaired) electrons. The third kappa shape index (κ3) is 4.60. The van der Waals surface area contributed by atoms with Gasteiger partial charge in [-0.3, -0.25) is 4.79 Å². The Morgan fingerprint density at radius 1 is 1.23 bits per heavy atom. The third-order valence-electron chi connectivity index (χ3n) is 3.42. The maximum Gasteiger partial charge on any atom is 0.261 e. The van der Waals surface area contributed by atoms with Crippen molar-refractivity contribution in [1.29, 1.82) is 0 Å². The molecule has 1 aromatic heterocycles. The smallest absolute Gasteiger partial charge is 0.261 e. The van der Waals surface area contributed by atoms with Gasteiger partial charge < -0.3 is 10.1 Å². The van der Waals surface area contributed by atoms with Crippen LogP contribution in [0.25, 0.3) is 0 Å². The molecule has 1 N–H and O–H groups in total. The second kappa shape index (κ2) is 6.97. The monoisotopic (exact) mass is 317 g/mol. The summed E-state index contributed by atoms with van der Waals surface area (Å²) in [6.07, 6.45) is -0.513. The molecule has 1 aromatic carbocycles. The van der Waals surface area contributed by atoms with Gasteiger partial charge in [0, 0.05) is 4.88 Å². The van der Waals surface area contributed by atoms with Crippen molar-refractivity contribution in [3.8, 4) is 5.75 Å². The van der Waals surface area contributed by atoms with Crippen LogP contribution in [0.2, 0.25) is 0 Å². The van der Waals surface area contributed by atoms with Crippen LogP contribution in [0.5, 0.6) is 5.75 Å². The summed E-state index contributed by atoms with van der Waals surface area (Å²) in [7, 11) is 0.